The maximum atomic E-state index is 13.2. The molecule has 0 aliphatic carbocycles. The van der Waals surface area contributed by atoms with Crippen LogP contribution in [0.15, 0.2) is 83.8 Å². The first kappa shape index (κ1) is 21.5. The van der Waals surface area contributed by atoms with E-state index in [4.69, 9.17) is 10.00 Å². The van der Waals surface area contributed by atoms with E-state index in [9.17, 15) is 23.3 Å². The molecule has 9 nitrogen and oxygen atoms in total. The van der Waals surface area contributed by atoms with Gasteiger partial charge < -0.3 is 4.74 Å². The minimum atomic E-state index is -4.44. The number of nitro benzene ring substituents is 1. The Labute approximate surface area is 177 Å². The Morgan fingerprint density at radius 3 is 2.23 bits per heavy atom. The highest BCUT2D eigenvalue weighted by molar-refractivity contribution is 7.93. The van der Waals surface area contributed by atoms with Crippen LogP contribution in [-0.4, -0.2) is 19.4 Å². The Kier molecular flexibility index (Phi) is 6.28. The van der Waals surface area contributed by atoms with Crippen LogP contribution in [0.4, 0.5) is 16.2 Å². The number of hydrogen-bond donors (Lipinski definition) is 0. The molecule has 0 spiro atoms. The lowest BCUT2D eigenvalue weighted by Gasteiger charge is -2.22. The van der Waals surface area contributed by atoms with Crippen LogP contribution >= 0.6 is 0 Å². The number of anilines is 1. The van der Waals surface area contributed by atoms with Crippen LogP contribution in [0.25, 0.3) is 0 Å². The van der Waals surface area contributed by atoms with Gasteiger partial charge in [0.25, 0.3) is 15.7 Å². The average Bonchev–Trinajstić information content (AvgIpc) is 2.78. The lowest BCUT2D eigenvalue weighted by atomic mass is 10.1. The number of rotatable bonds is 6. The molecule has 1 amide bonds. The first-order valence-electron chi connectivity index (χ1n) is 8.84. The Morgan fingerprint density at radius 1 is 1.00 bits per heavy atom. The van der Waals surface area contributed by atoms with Crippen molar-refractivity contribution in [1.82, 2.24) is 0 Å². The molecule has 0 aliphatic heterocycles. The highest BCUT2D eigenvalue weighted by Gasteiger charge is 2.33. The van der Waals surface area contributed by atoms with Gasteiger partial charge in [0, 0.05) is 17.7 Å². The van der Waals surface area contributed by atoms with Crippen molar-refractivity contribution in [2.45, 2.75) is 11.5 Å². The van der Waals surface area contributed by atoms with Crippen LogP contribution in [0.2, 0.25) is 0 Å². The van der Waals surface area contributed by atoms with Gasteiger partial charge in [0.2, 0.25) is 0 Å². The molecule has 0 radical (unpaired) electrons. The number of nitro groups is 1. The maximum absolute atomic E-state index is 13.2. The van der Waals surface area contributed by atoms with Gasteiger partial charge in [0.15, 0.2) is 0 Å². The van der Waals surface area contributed by atoms with Gasteiger partial charge in [0.1, 0.15) is 6.61 Å². The summed E-state index contributed by atoms with van der Waals surface area (Å²) in [6, 6.07) is 20.1. The third-order valence-electron chi connectivity index (χ3n) is 4.23. The zero-order chi connectivity index (χ0) is 22.4. The summed E-state index contributed by atoms with van der Waals surface area (Å²) in [6.45, 7) is -0.318. The van der Waals surface area contributed by atoms with Crippen molar-refractivity contribution in [3.8, 4) is 6.07 Å². The zero-order valence-electron chi connectivity index (χ0n) is 15.9. The molecule has 3 aromatic rings. The normalized spacial score (nSPS) is 10.7. The third-order valence-corrected chi connectivity index (χ3v) is 5.94. The Bertz CT molecular complexity index is 1250. The highest BCUT2D eigenvalue weighted by atomic mass is 32.2. The SMILES string of the molecule is N#Cc1ccccc1COC(=O)N(c1ccccc1)S(=O)(=O)c1ccc([N+](=O)[O-])cc1. The molecule has 3 rings (SSSR count). The van der Waals surface area contributed by atoms with E-state index < -0.39 is 21.0 Å². The summed E-state index contributed by atoms with van der Waals surface area (Å²) in [5, 5.41) is 20.0. The number of benzene rings is 3. The minimum absolute atomic E-state index is 0.0272. The van der Waals surface area contributed by atoms with Crippen molar-refractivity contribution in [2.24, 2.45) is 0 Å². The van der Waals surface area contributed by atoms with E-state index in [1.54, 1.807) is 42.5 Å². The van der Waals surface area contributed by atoms with Gasteiger partial charge >= 0.3 is 6.09 Å². The number of hydrogen-bond acceptors (Lipinski definition) is 7. The summed E-state index contributed by atoms with van der Waals surface area (Å²) in [7, 11) is -4.44. The second kappa shape index (κ2) is 9.06. The highest BCUT2D eigenvalue weighted by Crippen LogP contribution is 2.26. The number of amides is 1. The Balaban J connectivity index is 1.95. The molecule has 3 aromatic carbocycles. The molecule has 0 atom stereocenters. The molecular weight excluding hydrogens is 422 g/mol. The molecule has 0 N–H and O–H groups in total. The van der Waals surface area contributed by atoms with Crippen LogP contribution in [0.1, 0.15) is 11.1 Å². The van der Waals surface area contributed by atoms with Crippen molar-refractivity contribution in [3.63, 3.8) is 0 Å². The molecule has 0 bridgehead atoms. The molecule has 0 aromatic heterocycles. The average molecular weight is 437 g/mol. The van der Waals surface area contributed by atoms with E-state index in [2.05, 4.69) is 0 Å². The Hall–Kier alpha value is -4.23. The second-order valence-corrected chi connectivity index (χ2v) is 7.97. The zero-order valence-corrected chi connectivity index (χ0v) is 16.7. The van der Waals surface area contributed by atoms with Gasteiger partial charge in [0.05, 0.1) is 27.1 Å². The predicted molar refractivity (Wildman–Crippen MR) is 111 cm³/mol. The van der Waals surface area contributed by atoms with Crippen LogP contribution in [0.5, 0.6) is 0 Å². The number of para-hydroxylation sites is 1. The van der Waals surface area contributed by atoms with E-state index in [0.717, 1.165) is 24.3 Å². The third kappa shape index (κ3) is 4.68. The largest absolute Gasteiger partial charge is 0.444 e. The molecule has 31 heavy (non-hydrogen) atoms. The van der Waals surface area contributed by atoms with Crippen molar-refractivity contribution in [1.29, 1.82) is 5.26 Å². The summed E-state index contributed by atoms with van der Waals surface area (Å²) < 4.78 is 32.1. The smallest absolute Gasteiger partial charge is 0.428 e. The lowest BCUT2D eigenvalue weighted by Crippen LogP contribution is -2.37. The molecule has 0 saturated heterocycles. The molecule has 10 heteroatoms. The van der Waals surface area contributed by atoms with Gasteiger partial charge in [-0.1, -0.05) is 36.4 Å². The fourth-order valence-corrected chi connectivity index (χ4v) is 4.04. The van der Waals surface area contributed by atoms with E-state index >= 15 is 0 Å². The fourth-order valence-electron chi connectivity index (χ4n) is 2.70. The molecule has 0 saturated carbocycles. The van der Waals surface area contributed by atoms with E-state index in [1.807, 2.05) is 6.07 Å². The standard InChI is InChI=1S/C21H15N3O6S/c22-14-16-6-4-5-7-17(16)15-30-21(25)23(18-8-2-1-3-9-18)31(28,29)20-12-10-19(11-13-20)24(26)27/h1-13H,15H2. The number of ether oxygens (including phenoxy) is 1. The van der Waals surface area contributed by atoms with Gasteiger partial charge in [-0.3, -0.25) is 10.1 Å². The van der Waals surface area contributed by atoms with Gasteiger partial charge in [-0.2, -0.15) is 9.57 Å². The summed E-state index contributed by atoms with van der Waals surface area (Å²) in [5.41, 5.74) is 0.444. The fraction of sp³-hybridized carbons (Fsp3) is 0.0476. The van der Waals surface area contributed by atoms with Crippen molar-refractivity contribution in [3.05, 3.63) is 100 Å². The first-order chi connectivity index (χ1) is 14.8. The van der Waals surface area contributed by atoms with Crippen molar-refractivity contribution in [2.75, 3.05) is 4.31 Å². The van der Waals surface area contributed by atoms with Crippen LogP contribution in [0, 0.1) is 21.4 Å². The van der Waals surface area contributed by atoms with Crippen molar-refractivity contribution >= 4 is 27.5 Å². The minimum Gasteiger partial charge on any atom is -0.444 e. The molecule has 0 aliphatic rings. The lowest BCUT2D eigenvalue weighted by molar-refractivity contribution is -0.384. The number of carbonyl (C=O) groups is 1. The Morgan fingerprint density at radius 2 is 1.61 bits per heavy atom. The van der Waals surface area contributed by atoms with Gasteiger partial charge in [-0.05, 0) is 30.3 Å². The van der Waals surface area contributed by atoms with E-state index in [1.165, 1.54) is 12.1 Å². The second-order valence-electron chi connectivity index (χ2n) is 6.18. The first-order valence-corrected chi connectivity index (χ1v) is 10.3. The number of sulfonamides is 1. The van der Waals surface area contributed by atoms with E-state index in [0.29, 0.717) is 15.4 Å². The topological polar surface area (TPSA) is 131 Å². The van der Waals surface area contributed by atoms with Gasteiger partial charge in [-0.25, -0.2) is 13.2 Å². The number of nitriles is 1. The number of carbonyl (C=O) groups excluding carboxylic acids is 1. The summed E-state index contributed by atoms with van der Waals surface area (Å²) in [6.07, 6.45) is -1.18. The van der Waals surface area contributed by atoms with Crippen LogP contribution in [0.3, 0.4) is 0 Å². The molecule has 0 heterocycles. The summed E-state index contributed by atoms with van der Waals surface area (Å²) >= 11 is 0. The predicted octanol–water partition coefficient (Wildman–Crippen LogP) is 4.00. The van der Waals surface area contributed by atoms with Crippen LogP contribution in [-0.2, 0) is 21.4 Å². The molecular formula is C21H15N3O6S. The summed E-state index contributed by atoms with van der Waals surface area (Å²) in [5.74, 6) is 0. The molecule has 156 valence electrons. The quantitative estimate of drug-likeness (QED) is 0.421. The number of non-ortho nitro benzene ring substituents is 1. The monoisotopic (exact) mass is 437 g/mol. The maximum Gasteiger partial charge on any atom is 0.428 e. The molecule has 0 fully saturated rings. The van der Waals surface area contributed by atoms with Gasteiger partial charge in [-0.15, -0.1) is 0 Å². The van der Waals surface area contributed by atoms with Crippen LogP contribution < -0.4 is 4.31 Å². The summed E-state index contributed by atoms with van der Waals surface area (Å²) in [4.78, 5) is 22.7. The number of nitrogens with zero attached hydrogens (tertiary/aromatic N) is 3. The van der Waals surface area contributed by atoms with Crippen molar-refractivity contribution < 1.29 is 22.9 Å². The van der Waals surface area contributed by atoms with E-state index in [-0.39, 0.29) is 22.9 Å². The molecule has 0 unspecified atom stereocenters.